The number of halogens is 1. The zero-order valence-electron chi connectivity index (χ0n) is 6.91. The number of carbonyl (C=O) groups excluding carboxylic acids is 1. The molecule has 1 unspecified atom stereocenters. The van der Waals surface area contributed by atoms with Gasteiger partial charge in [-0.05, 0) is 6.92 Å². The van der Waals surface area contributed by atoms with Crippen LogP contribution in [0, 0.1) is 0 Å². The van der Waals surface area contributed by atoms with Crippen LogP contribution >= 0.6 is 11.6 Å². The van der Waals surface area contributed by atoms with E-state index < -0.39 is 11.3 Å². The zero-order valence-corrected chi connectivity index (χ0v) is 7.67. The third kappa shape index (κ3) is 16.0. The lowest BCUT2D eigenvalue weighted by atomic mass is 10.5. The first kappa shape index (κ1) is 13.6. The highest BCUT2D eigenvalue weighted by atomic mass is 35.5. The van der Waals surface area contributed by atoms with Crippen LogP contribution in [0.4, 0.5) is 0 Å². The number of rotatable bonds is 2. The van der Waals surface area contributed by atoms with Crippen LogP contribution in [-0.4, -0.2) is 22.4 Å². The Labute approximate surface area is 75.8 Å². The standard InChI is InChI=1S/C4H6O2.C3H5ClO2/c1-3-6-4(2)5;1-2(4)3(5)6/h3H,1H2,2H3;2H,1H3,(H,5,6). The number of alkyl halides is 1. The van der Waals surface area contributed by atoms with E-state index in [4.69, 9.17) is 16.7 Å². The molecule has 0 rings (SSSR count). The summed E-state index contributed by atoms with van der Waals surface area (Å²) in [4.78, 5) is 19.3. The molecule has 0 saturated carbocycles. The molecule has 0 bridgehead atoms. The Morgan fingerprint density at radius 1 is 1.67 bits per heavy atom. The first-order valence-electron chi connectivity index (χ1n) is 3.06. The maximum atomic E-state index is 9.75. The summed E-state index contributed by atoms with van der Waals surface area (Å²) in [5.74, 6) is -1.30. The molecular weight excluding hydrogens is 184 g/mol. The van der Waals surface area contributed by atoms with Crippen LogP contribution in [0.15, 0.2) is 12.8 Å². The van der Waals surface area contributed by atoms with Gasteiger partial charge in [-0.3, -0.25) is 9.59 Å². The molecule has 0 amide bonds. The second-order valence-electron chi connectivity index (χ2n) is 1.73. The van der Waals surface area contributed by atoms with Gasteiger partial charge in [0.25, 0.3) is 0 Å². The van der Waals surface area contributed by atoms with Gasteiger partial charge in [0.15, 0.2) is 0 Å². The Bertz CT molecular complexity index is 165. The first-order chi connectivity index (χ1) is 5.41. The maximum Gasteiger partial charge on any atom is 0.321 e. The van der Waals surface area contributed by atoms with E-state index in [2.05, 4.69) is 11.3 Å². The van der Waals surface area contributed by atoms with Crippen LogP contribution in [0.5, 0.6) is 0 Å². The van der Waals surface area contributed by atoms with E-state index in [9.17, 15) is 9.59 Å². The van der Waals surface area contributed by atoms with Crippen LogP contribution in [0.25, 0.3) is 0 Å². The lowest BCUT2D eigenvalue weighted by Crippen LogP contribution is -2.06. The molecule has 0 aliphatic rings. The minimum Gasteiger partial charge on any atom is -0.480 e. The molecule has 0 heterocycles. The Kier molecular flexibility index (Phi) is 9.11. The topological polar surface area (TPSA) is 63.6 Å². The monoisotopic (exact) mass is 194 g/mol. The fourth-order valence-electron chi connectivity index (χ4n) is 0.117. The van der Waals surface area contributed by atoms with Gasteiger partial charge < -0.3 is 9.84 Å². The van der Waals surface area contributed by atoms with Crippen LogP contribution in [0.1, 0.15) is 13.8 Å². The molecule has 12 heavy (non-hydrogen) atoms. The van der Waals surface area contributed by atoms with Gasteiger partial charge in [0.05, 0.1) is 6.26 Å². The minimum absolute atomic E-state index is 0.329. The van der Waals surface area contributed by atoms with Crippen molar-refractivity contribution in [3.05, 3.63) is 12.8 Å². The molecule has 4 nitrogen and oxygen atoms in total. The Hall–Kier alpha value is -1.03. The number of hydrogen-bond acceptors (Lipinski definition) is 3. The predicted molar refractivity (Wildman–Crippen MR) is 44.9 cm³/mol. The zero-order chi connectivity index (χ0) is 10.1. The second kappa shape index (κ2) is 8.07. The van der Waals surface area contributed by atoms with Gasteiger partial charge in [0.1, 0.15) is 5.38 Å². The number of aliphatic carboxylic acids is 1. The average molecular weight is 195 g/mol. The molecule has 0 radical (unpaired) electrons. The molecule has 0 fully saturated rings. The van der Waals surface area contributed by atoms with Crippen LogP contribution in [0.2, 0.25) is 0 Å². The molecule has 0 aromatic carbocycles. The number of carbonyl (C=O) groups is 2. The van der Waals surface area contributed by atoms with E-state index in [1.807, 2.05) is 0 Å². The van der Waals surface area contributed by atoms with Crippen molar-refractivity contribution in [3.63, 3.8) is 0 Å². The molecule has 0 aromatic heterocycles. The highest BCUT2D eigenvalue weighted by molar-refractivity contribution is 6.29. The highest BCUT2D eigenvalue weighted by Gasteiger charge is 2.02. The van der Waals surface area contributed by atoms with Gasteiger partial charge in [0.2, 0.25) is 0 Å². The van der Waals surface area contributed by atoms with Crippen molar-refractivity contribution in [2.45, 2.75) is 19.2 Å². The summed E-state index contributed by atoms with van der Waals surface area (Å²) in [7, 11) is 0. The van der Waals surface area contributed by atoms with Crippen LogP contribution in [-0.2, 0) is 14.3 Å². The largest absolute Gasteiger partial charge is 0.480 e. The lowest BCUT2D eigenvalue weighted by molar-refractivity contribution is -0.136. The van der Waals surface area contributed by atoms with Gasteiger partial charge in [-0.25, -0.2) is 0 Å². The van der Waals surface area contributed by atoms with E-state index in [1.165, 1.54) is 13.8 Å². The molecule has 1 N–H and O–H groups in total. The van der Waals surface area contributed by atoms with Crippen molar-refractivity contribution >= 4 is 23.5 Å². The number of hydrogen-bond donors (Lipinski definition) is 1. The lowest BCUT2D eigenvalue weighted by Gasteiger charge is -1.86. The highest BCUT2D eigenvalue weighted by Crippen LogP contribution is 1.89. The number of esters is 1. The molecule has 0 saturated heterocycles. The molecule has 0 aromatic rings. The molecule has 0 aliphatic heterocycles. The van der Waals surface area contributed by atoms with Crippen LogP contribution in [0.3, 0.4) is 0 Å². The van der Waals surface area contributed by atoms with Crippen molar-refractivity contribution < 1.29 is 19.4 Å². The Balaban J connectivity index is 0. The van der Waals surface area contributed by atoms with Crippen molar-refractivity contribution in [1.82, 2.24) is 0 Å². The van der Waals surface area contributed by atoms with Crippen molar-refractivity contribution in [2.75, 3.05) is 0 Å². The first-order valence-corrected chi connectivity index (χ1v) is 3.50. The second-order valence-corrected chi connectivity index (χ2v) is 2.38. The van der Waals surface area contributed by atoms with Gasteiger partial charge in [0, 0.05) is 6.92 Å². The average Bonchev–Trinajstić information content (AvgIpc) is 1.87. The molecule has 0 aliphatic carbocycles. The smallest absolute Gasteiger partial charge is 0.321 e. The quantitative estimate of drug-likeness (QED) is 0.410. The maximum absolute atomic E-state index is 9.75. The molecule has 1 atom stereocenters. The summed E-state index contributed by atoms with van der Waals surface area (Å²) in [6.45, 7) is 5.89. The molecular formula is C7H11ClO4. The van der Waals surface area contributed by atoms with E-state index in [-0.39, 0.29) is 5.97 Å². The third-order valence-electron chi connectivity index (χ3n) is 0.590. The SMILES string of the molecule is C=COC(C)=O.CC(Cl)C(=O)O. The fourth-order valence-corrected chi connectivity index (χ4v) is 0.117. The van der Waals surface area contributed by atoms with Gasteiger partial charge >= 0.3 is 11.9 Å². The number of carboxylic acids is 1. The minimum atomic E-state index is -0.975. The van der Waals surface area contributed by atoms with Crippen molar-refractivity contribution in [3.8, 4) is 0 Å². The third-order valence-corrected chi connectivity index (χ3v) is 0.776. The summed E-state index contributed by atoms with van der Waals surface area (Å²) in [6.07, 6.45) is 1.10. The Morgan fingerprint density at radius 3 is 2.00 bits per heavy atom. The number of ether oxygens (including phenoxy) is 1. The summed E-state index contributed by atoms with van der Waals surface area (Å²) in [6, 6.07) is 0. The van der Waals surface area contributed by atoms with Crippen molar-refractivity contribution in [1.29, 1.82) is 0 Å². The predicted octanol–water partition coefficient (Wildman–Crippen LogP) is 1.39. The summed E-state index contributed by atoms with van der Waals surface area (Å²) in [5.41, 5.74) is 0. The summed E-state index contributed by atoms with van der Waals surface area (Å²) in [5, 5.41) is 7.10. The molecule has 70 valence electrons. The van der Waals surface area contributed by atoms with Gasteiger partial charge in [-0.15, -0.1) is 11.6 Å². The molecule has 5 heteroatoms. The van der Waals surface area contributed by atoms with Crippen LogP contribution < -0.4 is 0 Å². The van der Waals surface area contributed by atoms with Gasteiger partial charge in [-0.1, -0.05) is 6.58 Å². The van der Waals surface area contributed by atoms with E-state index >= 15 is 0 Å². The normalized spacial score (nSPS) is 10.2. The summed E-state index contributed by atoms with van der Waals surface area (Å²) < 4.78 is 4.17. The fraction of sp³-hybridized carbons (Fsp3) is 0.429. The number of carboxylic acid groups (broad SMARTS) is 1. The van der Waals surface area contributed by atoms with E-state index in [0.717, 1.165) is 6.26 Å². The van der Waals surface area contributed by atoms with E-state index in [1.54, 1.807) is 0 Å². The summed E-state index contributed by atoms with van der Waals surface area (Å²) >= 11 is 5.01. The molecule has 0 spiro atoms. The Morgan fingerprint density at radius 2 is 2.00 bits per heavy atom. The van der Waals surface area contributed by atoms with Gasteiger partial charge in [-0.2, -0.15) is 0 Å². The van der Waals surface area contributed by atoms with Crippen molar-refractivity contribution in [2.24, 2.45) is 0 Å². The van der Waals surface area contributed by atoms with E-state index in [0.29, 0.717) is 0 Å².